The molecule has 4 atom stereocenters. The highest BCUT2D eigenvalue weighted by Gasteiger charge is 2.56. The average Bonchev–Trinajstić information content (AvgIpc) is 3.63. The monoisotopic (exact) mass is 671 g/mol. The lowest BCUT2D eigenvalue weighted by Crippen LogP contribution is -2.59. The van der Waals surface area contributed by atoms with Gasteiger partial charge in [-0.25, -0.2) is 0 Å². The number of hydrogen-bond donors (Lipinski definition) is 3. The number of oxime groups is 1. The minimum atomic E-state index is -1.05. The van der Waals surface area contributed by atoms with Gasteiger partial charge in [0.05, 0.1) is 18.3 Å². The molecule has 3 fully saturated rings. The van der Waals surface area contributed by atoms with Crippen molar-refractivity contribution in [1.82, 2.24) is 20.9 Å². The molecule has 1 aliphatic carbocycles. The first-order chi connectivity index (χ1) is 22.3. The molecule has 47 heavy (non-hydrogen) atoms. The topological polar surface area (TPSA) is 156 Å². The number of carbonyl (C=O) groups excluding carboxylic acids is 5. The molecule has 13 heteroatoms. The summed E-state index contributed by atoms with van der Waals surface area (Å²) < 4.78 is 5.41. The lowest BCUT2D eigenvalue weighted by atomic mass is 9.84. The molecule has 0 unspecified atom stereocenters. The number of benzene rings is 1. The number of rotatable bonds is 11. The Morgan fingerprint density at radius 1 is 1.06 bits per heavy atom. The molecular weight excluding hydrogens is 626 g/mol. The molecule has 4 aliphatic rings. The van der Waals surface area contributed by atoms with Gasteiger partial charge >= 0.3 is 0 Å². The van der Waals surface area contributed by atoms with E-state index >= 15 is 0 Å². The van der Waals surface area contributed by atoms with Gasteiger partial charge < -0.3 is 30.4 Å². The number of ether oxygens (including phenoxy) is 1. The molecule has 2 saturated heterocycles. The fraction of sp³-hybridized carbons (Fsp3) is 0.647. The number of Topliss-reactive ketones (excluding diaryl/α,β-unsaturated/α-hetero) is 1. The maximum atomic E-state index is 14.5. The third-order valence-electron chi connectivity index (χ3n) is 9.32. The fourth-order valence-corrected chi connectivity index (χ4v) is 6.64. The van der Waals surface area contributed by atoms with Gasteiger partial charge in [-0.1, -0.05) is 63.0 Å². The average molecular weight is 672 g/mol. The number of halogens is 1. The summed E-state index contributed by atoms with van der Waals surface area (Å²) in [6, 6.07) is 4.17. The van der Waals surface area contributed by atoms with Crippen molar-refractivity contribution in [2.75, 3.05) is 19.8 Å². The van der Waals surface area contributed by atoms with Crippen LogP contribution in [0.5, 0.6) is 0 Å². The number of carbonyl (C=O) groups is 5. The van der Waals surface area contributed by atoms with Gasteiger partial charge in [0.25, 0.3) is 5.91 Å². The number of nitrogens with one attached hydrogen (secondary N) is 3. The smallest absolute Gasteiger partial charge is 0.289 e. The predicted molar refractivity (Wildman–Crippen MR) is 174 cm³/mol. The Morgan fingerprint density at radius 2 is 1.79 bits per heavy atom. The van der Waals surface area contributed by atoms with E-state index in [0.29, 0.717) is 49.6 Å². The Hall–Kier alpha value is -3.51. The lowest BCUT2D eigenvalue weighted by Gasteiger charge is -2.36. The normalized spacial score (nSPS) is 24.2. The number of nitrogens with zero attached hydrogens (tertiary/aromatic N) is 2. The van der Waals surface area contributed by atoms with Gasteiger partial charge in [0, 0.05) is 48.6 Å². The summed E-state index contributed by atoms with van der Waals surface area (Å²) in [4.78, 5) is 75.2. The minimum absolute atomic E-state index is 0.00823. The van der Waals surface area contributed by atoms with E-state index in [4.69, 9.17) is 21.2 Å². The number of amides is 4. The van der Waals surface area contributed by atoms with Gasteiger partial charge in [0.2, 0.25) is 23.5 Å². The van der Waals surface area contributed by atoms with Crippen LogP contribution in [-0.2, 0) is 33.5 Å². The Balaban J connectivity index is 1.40. The third-order valence-corrected chi connectivity index (χ3v) is 9.56. The van der Waals surface area contributed by atoms with Gasteiger partial charge in [0.15, 0.2) is 5.60 Å². The van der Waals surface area contributed by atoms with E-state index in [-0.39, 0.29) is 37.3 Å². The molecule has 3 heterocycles. The van der Waals surface area contributed by atoms with Crippen LogP contribution < -0.4 is 16.0 Å². The van der Waals surface area contributed by atoms with Gasteiger partial charge in [-0.3, -0.25) is 24.0 Å². The Kier molecular flexibility index (Phi) is 10.6. The van der Waals surface area contributed by atoms with Crippen molar-refractivity contribution in [2.24, 2.45) is 16.5 Å². The molecule has 256 valence electrons. The van der Waals surface area contributed by atoms with Crippen LogP contribution in [0.25, 0.3) is 0 Å². The second kappa shape index (κ2) is 14.3. The zero-order chi connectivity index (χ0) is 33.9. The van der Waals surface area contributed by atoms with Crippen molar-refractivity contribution < 1.29 is 33.5 Å². The quantitative estimate of drug-likeness (QED) is 0.306. The standard InChI is InChI=1S/C34H46ClN5O7/c1-5-7-24(27(41)31(44)36-23-10-11-23)37-30(43)26-18-34(17-25(39-47-34)21-8-6-9-22(35)16-21)19-40(26)32(45)28(33(2,3)4)38-29(42)20-12-14-46-15-13-20/h6,8-9,16,20,23-24,26,28H,5,7,10-15,17-19H2,1-4H3,(H,36,44)(H,37,43)(H,38,42)/t24-,26-,28+,34+/m0/s1. The molecule has 0 bridgehead atoms. The van der Waals surface area contributed by atoms with Crippen LogP contribution in [0.15, 0.2) is 29.4 Å². The van der Waals surface area contributed by atoms with Crippen LogP contribution in [0.2, 0.25) is 5.02 Å². The van der Waals surface area contributed by atoms with E-state index in [2.05, 4.69) is 21.1 Å². The van der Waals surface area contributed by atoms with Gasteiger partial charge in [0.1, 0.15) is 12.1 Å². The Bertz CT molecular complexity index is 1420. The van der Waals surface area contributed by atoms with E-state index in [1.165, 1.54) is 4.90 Å². The number of hydrogen-bond acceptors (Lipinski definition) is 8. The van der Waals surface area contributed by atoms with E-state index in [0.717, 1.165) is 18.4 Å². The number of ketones is 1. The zero-order valence-electron chi connectivity index (χ0n) is 27.6. The summed E-state index contributed by atoms with van der Waals surface area (Å²) in [6.45, 7) is 8.44. The SMILES string of the molecule is CCC[C@H](NC(=O)[C@@H]1C[C@]2(CC(c3cccc(Cl)c3)=NO2)CN1C(=O)[C@@H](NC(=O)C1CCOCC1)C(C)(C)C)C(=O)C(=O)NC1CC1. The zero-order valence-corrected chi connectivity index (χ0v) is 28.4. The second-order valence-corrected chi connectivity index (χ2v) is 14.8. The highest BCUT2D eigenvalue weighted by molar-refractivity contribution is 6.38. The largest absolute Gasteiger partial charge is 0.387 e. The summed E-state index contributed by atoms with van der Waals surface area (Å²) in [5.74, 6) is -2.93. The summed E-state index contributed by atoms with van der Waals surface area (Å²) in [7, 11) is 0. The molecule has 1 saturated carbocycles. The molecule has 1 spiro atoms. The van der Waals surface area contributed by atoms with Crippen molar-refractivity contribution in [1.29, 1.82) is 0 Å². The molecule has 1 aromatic rings. The molecule has 4 amide bonds. The minimum Gasteiger partial charge on any atom is -0.387 e. The predicted octanol–water partition coefficient (Wildman–Crippen LogP) is 2.89. The van der Waals surface area contributed by atoms with Crippen molar-refractivity contribution >= 4 is 46.7 Å². The van der Waals surface area contributed by atoms with Crippen molar-refractivity contribution in [3.8, 4) is 0 Å². The maximum absolute atomic E-state index is 14.5. The van der Waals surface area contributed by atoms with Crippen LogP contribution in [-0.4, -0.2) is 89.6 Å². The van der Waals surface area contributed by atoms with Gasteiger partial charge in [-0.05, 0) is 49.7 Å². The summed E-state index contributed by atoms with van der Waals surface area (Å²) in [5, 5.41) is 13.4. The number of likely N-dealkylation sites (tertiary alicyclic amines) is 1. The van der Waals surface area contributed by atoms with E-state index in [1.54, 1.807) is 12.1 Å². The van der Waals surface area contributed by atoms with Crippen molar-refractivity contribution in [3.05, 3.63) is 34.9 Å². The van der Waals surface area contributed by atoms with Crippen LogP contribution in [0.4, 0.5) is 0 Å². The maximum Gasteiger partial charge on any atom is 0.289 e. The van der Waals surface area contributed by atoms with E-state index in [1.807, 2.05) is 39.8 Å². The first-order valence-electron chi connectivity index (χ1n) is 16.6. The molecule has 0 radical (unpaired) electrons. The molecule has 3 aliphatic heterocycles. The van der Waals surface area contributed by atoms with E-state index < -0.39 is 52.6 Å². The summed E-state index contributed by atoms with van der Waals surface area (Å²) >= 11 is 6.23. The summed E-state index contributed by atoms with van der Waals surface area (Å²) in [5.41, 5.74) is -0.311. The Labute approximate surface area is 280 Å². The van der Waals surface area contributed by atoms with Crippen LogP contribution in [0.3, 0.4) is 0 Å². The van der Waals surface area contributed by atoms with Crippen LogP contribution >= 0.6 is 11.6 Å². The van der Waals surface area contributed by atoms with E-state index in [9.17, 15) is 24.0 Å². The molecular formula is C34H46ClN5O7. The lowest BCUT2D eigenvalue weighted by molar-refractivity contribution is -0.146. The van der Waals surface area contributed by atoms with Crippen molar-refractivity contribution in [3.63, 3.8) is 0 Å². The Morgan fingerprint density at radius 3 is 2.43 bits per heavy atom. The highest BCUT2D eigenvalue weighted by atomic mass is 35.5. The molecule has 12 nitrogen and oxygen atoms in total. The summed E-state index contributed by atoms with van der Waals surface area (Å²) in [6.07, 6.45) is 4.00. The van der Waals surface area contributed by atoms with Crippen LogP contribution in [0, 0.1) is 11.3 Å². The molecule has 1 aromatic carbocycles. The van der Waals surface area contributed by atoms with Gasteiger partial charge in [-0.15, -0.1) is 0 Å². The molecule has 0 aromatic heterocycles. The van der Waals surface area contributed by atoms with Gasteiger partial charge in [-0.2, -0.15) is 0 Å². The van der Waals surface area contributed by atoms with Crippen LogP contribution in [0.1, 0.15) is 84.6 Å². The first kappa shape index (κ1) is 34.8. The fourth-order valence-electron chi connectivity index (χ4n) is 6.45. The first-order valence-corrected chi connectivity index (χ1v) is 17.0. The third kappa shape index (κ3) is 8.32. The highest BCUT2D eigenvalue weighted by Crippen LogP contribution is 2.40. The second-order valence-electron chi connectivity index (χ2n) is 14.3. The van der Waals surface area contributed by atoms with Crippen molar-refractivity contribution in [2.45, 2.75) is 109 Å². The molecule has 3 N–H and O–H groups in total. The molecule has 5 rings (SSSR count).